The van der Waals surface area contributed by atoms with Crippen LogP contribution in [0.3, 0.4) is 0 Å². The van der Waals surface area contributed by atoms with Crippen LogP contribution in [-0.4, -0.2) is 31.2 Å². The minimum absolute atomic E-state index is 0.122. The molecule has 0 saturated carbocycles. The molecule has 0 aliphatic heterocycles. The van der Waals surface area contributed by atoms with Gasteiger partial charge in [0.2, 0.25) is 0 Å². The normalized spacial score (nSPS) is 13.8. The zero-order valence-electron chi connectivity index (χ0n) is 10.6. The molecule has 4 rings (SSSR count). The van der Waals surface area contributed by atoms with E-state index in [2.05, 4.69) is 32.3 Å². The first-order valence-corrected chi connectivity index (χ1v) is 6.51. The molecule has 6 heteroatoms. The highest BCUT2D eigenvalue weighted by Crippen LogP contribution is 2.28. The molecule has 1 aromatic carbocycles. The number of imidazole rings is 1. The summed E-state index contributed by atoms with van der Waals surface area (Å²) in [6.07, 6.45) is 4.69. The molecule has 2 aromatic heterocycles. The van der Waals surface area contributed by atoms with Gasteiger partial charge in [0.25, 0.3) is 0 Å². The summed E-state index contributed by atoms with van der Waals surface area (Å²) in [6.45, 7) is 0. The molecule has 3 aromatic rings. The summed E-state index contributed by atoms with van der Waals surface area (Å²) < 4.78 is 0. The second-order valence-electron chi connectivity index (χ2n) is 5.04. The van der Waals surface area contributed by atoms with E-state index in [9.17, 15) is 4.79 Å². The molecule has 2 heterocycles. The molecular formula is C14H12N4O2. The van der Waals surface area contributed by atoms with Gasteiger partial charge in [-0.1, -0.05) is 0 Å². The Balaban J connectivity index is 1.89. The van der Waals surface area contributed by atoms with Gasteiger partial charge in [0.05, 0.1) is 17.2 Å². The van der Waals surface area contributed by atoms with Crippen molar-refractivity contribution in [2.24, 2.45) is 0 Å². The number of aromatic nitrogens is 4. The van der Waals surface area contributed by atoms with Crippen molar-refractivity contribution < 1.29 is 9.90 Å². The third kappa shape index (κ3) is 1.54. The molecule has 1 aliphatic carbocycles. The molecule has 0 unspecified atom stereocenters. The van der Waals surface area contributed by atoms with Crippen molar-refractivity contribution in [1.82, 2.24) is 20.2 Å². The molecule has 1 aliphatic rings. The summed E-state index contributed by atoms with van der Waals surface area (Å²) in [7, 11) is 0. The van der Waals surface area contributed by atoms with Crippen LogP contribution in [0.4, 0.5) is 0 Å². The number of nitrogens with one attached hydrogen (secondary N) is 2. The zero-order valence-corrected chi connectivity index (χ0v) is 10.6. The van der Waals surface area contributed by atoms with Gasteiger partial charge >= 0.3 is 5.97 Å². The third-order valence-corrected chi connectivity index (χ3v) is 3.80. The molecule has 6 nitrogen and oxygen atoms in total. The Labute approximate surface area is 113 Å². The van der Waals surface area contributed by atoms with E-state index in [0.29, 0.717) is 11.5 Å². The number of carboxylic acids is 1. The lowest BCUT2D eigenvalue weighted by atomic mass is 10.1. The molecular weight excluding hydrogens is 256 g/mol. The van der Waals surface area contributed by atoms with E-state index in [1.165, 1.54) is 23.7 Å². The van der Waals surface area contributed by atoms with Crippen molar-refractivity contribution in [3.63, 3.8) is 0 Å². The Kier molecular flexibility index (Phi) is 2.20. The number of hydrogen-bond donors (Lipinski definition) is 3. The molecule has 100 valence electrons. The predicted molar refractivity (Wildman–Crippen MR) is 72.7 cm³/mol. The Bertz CT molecular complexity index is 790. The highest BCUT2D eigenvalue weighted by atomic mass is 16.4. The van der Waals surface area contributed by atoms with Gasteiger partial charge in [0.1, 0.15) is 11.3 Å². The molecule has 0 amide bonds. The quantitative estimate of drug-likeness (QED) is 0.663. The minimum Gasteiger partial charge on any atom is -0.478 e. The fourth-order valence-corrected chi connectivity index (χ4v) is 2.83. The number of carbonyl (C=O) groups is 1. The lowest BCUT2D eigenvalue weighted by Gasteiger charge is -1.96. The summed E-state index contributed by atoms with van der Waals surface area (Å²) in [6, 6.07) is 4.21. The van der Waals surface area contributed by atoms with Crippen molar-refractivity contribution in [2.75, 3.05) is 0 Å². The van der Waals surface area contributed by atoms with Crippen molar-refractivity contribution in [2.45, 2.75) is 19.3 Å². The van der Waals surface area contributed by atoms with Crippen LogP contribution in [0.5, 0.6) is 0 Å². The van der Waals surface area contributed by atoms with Gasteiger partial charge in [-0.3, -0.25) is 5.10 Å². The van der Waals surface area contributed by atoms with E-state index in [1.54, 1.807) is 0 Å². The van der Waals surface area contributed by atoms with Gasteiger partial charge in [-0.15, -0.1) is 0 Å². The summed E-state index contributed by atoms with van der Waals surface area (Å²) in [5.74, 6) is -0.504. The predicted octanol–water partition coefficient (Wildman–Crippen LogP) is 2.14. The molecule has 20 heavy (non-hydrogen) atoms. The summed E-state index contributed by atoms with van der Waals surface area (Å²) in [5.41, 5.74) is 5.04. The van der Waals surface area contributed by atoms with E-state index < -0.39 is 5.97 Å². The van der Waals surface area contributed by atoms with Gasteiger partial charge < -0.3 is 10.1 Å². The number of aromatic carboxylic acids is 1. The standard InChI is InChI=1S/C14H12N4O2/c19-14(20)9-6-15-18-12(9)13-16-10-4-7-2-1-3-8(7)5-11(10)17-13/h4-6H,1-3H2,(H,15,18)(H,16,17)(H,19,20). The average molecular weight is 268 g/mol. The fraction of sp³-hybridized carbons (Fsp3) is 0.214. The van der Waals surface area contributed by atoms with E-state index in [0.717, 1.165) is 23.9 Å². The largest absolute Gasteiger partial charge is 0.478 e. The van der Waals surface area contributed by atoms with Crippen LogP contribution in [0, 0.1) is 0 Å². The maximum atomic E-state index is 11.1. The first-order valence-electron chi connectivity index (χ1n) is 6.51. The van der Waals surface area contributed by atoms with Crippen LogP contribution in [0.15, 0.2) is 18.3 Å². The SMILES string of the molecule is O=C(O)c1cn[nH]c1-c1nc2cc3c(cc2[nH]1)CCC3. The zero-order chi connectivity index (χ0) is 13.7. The van der Waals surface area contributed by atoms with Crippen LogP contribution in [0.1, 0.15) is 27.9 Å². The summed E-state index contributed by atoms with van der Waals surface area (Å²) in [4.78, 5) is 18.8. The van der Waals surface area contributed by atoms with E-state index in [1.807, 2.05) is 0 Å². The number of nitrogens with zero attached hydrogens (tertiary/aromatic N) is 2. The maximum absolute atomic E-state index is 11.1. The van der Waals surface area contributed by atoms with Crippen molar-refractivity contribution >= 4 is 17.0 Å². The monoisotopic (exact) mass is 268 g/mol. The van der Waals surface area contributed by atoms with E-state index >= 15 is 0 Å². The average Bonchev–Trinajstić information content (AvgIpc) is 3.13. The van der Waals surface area contributed by atoms with Gasteiger partial charge in [-0.25, -0.2) is 9.78 Å². The molecule has 0 spiro atoms. The third-order valence-electron chi connectivity index (χ3n) is 3.80. The van der Waals surface area contributed by atoms with Gasteiger partial charge in [-0.2, -0.15) is 5.10 Å². The number of carboxylic acid groups (broad SMARTS) is 1. The van der Waals surface area contributed by atoms with E-state index in [-0.39, 0.29) is 5.56 Å². The fourth-order valence-electron chi connectivity index (χ4n) is 2.83. The second-order valence-corrected chi connectivity index (χ2v) is 5.04. The highest BCUT2D eigenvalue weighted by Gasteiger charge is 2.18. The molecule has 0 saturated heterocycles. The summed E-state index contributed by atoms with van der Waals surface area (Å²) >= 11 is 0. The second kappa shape index (κ2) is 3.93. The molecule has 0 fully saturated rings. The Hall–Kier alpha value is -2.63. The number of aromatic amines is 2. The van der Waals surface area contributed by atoms with Crippen LogP contribution in [-0.2, 0) is 12.8 Å². The van der Waals surface area contributed by atoms with Crippen LogP contribution in [0.2, 0.25) is 0 Å². The Morgan fingerprint density at radius 3 is 2.85 bits per heavy atom. The number of fused-ring (bicyclic) bond motifs is 2. The maximum Gasteiger partial charge on any atom is 0.339 e. The van der Waals surface area contributed by atoms with Crippen LogP contribution >= 0.6 is 0 Å². The van der Waals surface area contributed by atoms with Crippen molar-refractivity contribution in [3.8, 4) is 11.5 Å². The number of H-pyrrole nitrogens is 2. The van der Waals surface area contributed by atoms with Crippen LogP contribution < -0.4 is 0 Å². The van der Waals surface area contributed by atoms with Crippen molar-refractivity contribution in [3.05, 3.63) is 35.0 Å². The number of hydrogen-bond acceptors (Lipinski definition) is 3. The lowest BCUT2D eigenvalue weighted by molar-refractivity contribution is 0.0697. The van der Waals surface area contributed by atoms with E-state index in [4.69, 9.17) is 5.11 Å². The Morgan fingerprint density at radius 1 is 1.25 bits per heavy atom. The minimum atomic E-state index is -1.02. The molecule has 3 N–H and O–H groups in total. The number of aryl methyl sites for hydroxylation is 2. The molecule has 0 bridgehead atoms. The Morgan fingerprint density at radius 2 is 2.05 bits per heavy atom. The topological polar surface area (TPSA) is 94.7 Å². The van der Waals surface area contributed by atoms with Gasteiger partial charge in [0.15, 0.2) is 5.82 Å². The first-order chi connectivity index (χ1) is 9.72. The first kappa shape index (κ1) is 11.2. The summed E-state index contributed by atoms with van der Waals surface area (Å²) in [5, 5.41) is 15.6. The highest BCUT2D eigenvalue weighted by molar-refractivity contribution is 5.94. The van der Waals surface area contributed by atoms with Gasteiger partial charge in [0, 0.05) is 0 Å². The lowest BCUT2D eigenvalue weighted by Crippen LogP contribution is -1.97. The molecule has 0 radical (unpaired) electrons. The van der Waals surface area contributed by atoms with Crippen molar-refractivity contribution in [1.29, 1.82) is 0 Å². The van der Waals surface area contributed by atoms with Crippen LogP contribution in [0.25, 0.3) is 22.6 Å². The number of benzene rings is 1. The molecule has 0 atom stereocenters. The number of rotatable bonds is 2. The van der Waals surface area contributed by atoms with Gasteiger partial charge in [-0.05, 0) is 42.5 Å². The smallest absolute Gasteiger partial charge is 0.339 e.